The second kappa shape index (κ2) is 5.29. The van der Waals surface area contributed by atoms with Gasteiger partial charge in [-0.1, -0.05) is 41.0 Å². The highest BCUT2D eigenvalue weighted by molar-refractivity contribution is 5.97. The number of amides is 2. The largest absolute Gasteiger partial charge is 0.342 e. The van der Waals surface area contributed by atoms with Gasteiger partial charge in [0.1, 0.15) is 12.1 Å². The van der Waals surface area contributed by atoms with Crippen LogP contribution in [0.4, 0.5) is 0 Å². The van der Waals surface area contributed by atoms with Gasteiger partial charge in [0.2, 0.25) is 11.8 Å². The van der Waals surface area contributed by atoms with Crippen molar-refractivity contribution in [3.63, 3.8) is 0 Å². The summed E-state index contributed by atoms with van der Waals surface area (Å²) in [6.07, 6.45) is 0.883. The predicted octanol–water partition coefficient (Wildman–Crippen LogP) is 1.79. The molecule has 0 aromatic rings. The van der Waals surface area contributed by atoms with Gasteiger partial charge in [-0.15, -0.1) is 0 Å². The van der Waals surface area contributed by atoms with E-state index in [0.29, 0.717) is 6.54 Å². The van der Waals surface area contributed by atoms with Crippen molar-refractivity contribution in [2.45, 2.75) is 60.0 Å². The van der Waals surface area contributed by atoms with E-state index < -0.39 is 0 Å². The molecule has 1 rings (SSSR count). The molecule has 0 aromatic heterocycles. The fourth-order valence-electron chi connectivity index (χ4n) is 2.56. The lowest BCUT2D eigenvalue weighted by atomic mass is 9.82. The molecule has 3 unspecified atom stereocenters. The van der Waals surface area contributed by atoms with Crippen LogP contribution in [0.3, 0.4) is 0 Å². The number of carbonyl (C=O) groups excluding carboxylic acids is 2. The maximum absolute atomic E-state index is 12.5. The zero-order valence-electron chi connectivity index (χ0n) is 12.4. The number of piperazine rings is 1. The van der Waals surface area contributed by atoms with Gasteiger partial charge in [0, 0.05) is 6.54 Å². The van der Waals surface area contributed by atoms with E-state index >= 15 is 0 Å². The molecule has 1 fully saturated rings. The standard InChI is InChI=1S/C14H26N2O2/c1-7-9(3)10-13(18)16(8-2)11(12(17)15-10)14(4,5)6/h9-11H,7-8H2,1-6H3,(H,15,17). The van der Waals surface area contributed by atoms with Crippen molar-refractivity contribution in [1.82, 2.24) is 10.2 Å². The van der Waals surface area contributed by atoms with Crippen molar-refractivity contribution in [1.29, 1.82) is 0 Å². The van der Waals surface area contributed by atoms with E-state index in [1.54, 1.807) is 4.90 Å². The smallest absolute Gasteiger partial charge is 0.246 e. The Labute approximate surface area is 110 Å². The lowest BCUT2D eigenvalue weighted by Crippen LogP contribution is -2.67. The molecule has 1 heterocycles. The van der Waals surface area contributed by atoms with Crippen molar-refractivity contribution in [3.8, 4) is 0 Å². The van der Waals surface area contributed by atoms with Gasteiger partial charge in [-0.25, -0.2) is 0 Å². The minimum Gasteiger partial charge on any atom is -0.342 e. The number of carbonyl (C=O) groups is 2. The van der Waals surface area contributed by atoms with Crippen LogP contribution in [0.2, 0.25) is 0 Å². The van der Waals surface area contributed by atoms with Gasteiger partial charge in [0.05, 0.1) is 0 Å². The molecular formula is C14H26N2O2. The Balaban J connectivity index is 3.04. The molecule has 104 valence electrons. The topological polar surface area (TPSA) is 49.4 Å². The molecule has 1 aliphatic rings. The van der Waals surface area contributed by atoms with Crippen molar-refractivity contribution >= 4 is 11.8 Å². The first-order valence-electron chi connectivity index (χ1n) is 6.84. The summed E-state index contributed by atoms with van der Waals surface area (Å²) in [6.45, 7) is 12.6. The summed E-state index contributed by atoms with van der Waals surface area (Å²) in [4.78, 5) is 26.5. The highest BCUT2D eigenvalue weighted by Crippen LogP contribution is 2.29. The second-order valence-corrected chi connectivity index (χ2v) is 6.26. The monoisotopic (exact) mass is 254 g/mol. The van der Waals surface area contributed by atoms with Gasteiger partial charge in [0.25, 0.3) is 0 Å². The maximum Gasteiger partial charge on any atom is 0.246 e. The number of likely N-dealkylation sites (N-methyl/N-ethyl adjacent to an activating group) is 1. The van der Waals surface area contributed by atoms with E-state index in [1.165, 1.54) is 0 Å². The molecule has 0 spiro atoms. The van der Waals surface area contributed by atoms with Gasteiger partial charge >= 0.3 is 0 Å². The Morgan fingerprint density at radius 2 is 1.83 bits per heavy atom. The first-order valence-corrected chi connectivity index (χ1v) is 6.84. The quantitative estimate of drug-likeness (QED) is 0.835. The minimum absolute atomic E-state index is 0.0192. The van der Waals surface area contributed by atoms with Gasteiger partial charge in [-0.2, -0.15) is 0 Å². The third-order valence-corrected chi connectivity index (χ3v) is 3.78. The predicted molar refractivity (Wildman–Crippen MR) is 72.0 cm³/mol. The molecule has 0 bridgehead atoms. The first-order chi connectivity index (χ1) is 8.23. The van der Waals surface area contributed by atoms with Crippen molar-refractivity contribution in [2.24, 2.45) is 11.3 Å². The third-order valence-electron chi connectivity index (χ3n) is 3.78. The van der Waals surface area contributed by atoms with Crippen LogP contribution >= 0.6 is 0 Å². The summed E-state index contributed by atoms with van der Waals surface area (Å²) in [5, 5.41) is 2.91. The second-order valence-electron chi connectivity index (χ2n) is 6.26. The van der Waals surface area contributed by atoms with Crippen LogP contribution in [0, 0.1) is 11.3 Å². The SMILES string of the molecule is CCC(C)C1NC(=O)C(C(C)(C)C)N(CC)C1=O. The van der Waals surface area contributed by atoms with Crippen LogP contribution in [0.25, 0.3) is 0 Å². The summed E-state index contributed by atoms with van der Waals surface area (Å²) in [7, 11) is 0. The molecule has 0 aromatic carbocycles. The number of rotatable bonds is 3. The van der Waals surface area contributed by atoms with Crippen LogP contribution in [-0.2, 0) is 9.59 Å². The van der Waals surface area contributed by atoms with Crippen molar-refractivity contribution in [3.05, 3.63) is 0 Å². The molecule has 1 aliphatic heterocycles. The van der Waals surface area contributed by atoms with Gasteiger partial charge in [0.15, 0.2) is 0 Å². The van der Waals surface area contributed by atoms with E-state index in [-0.39, 0.29) is 35.2 Å². The van der Waals surface area contributed by atoms with Gasteiger partial charge in [-0.3, -0.25) is 9.59 Å². The molecule has 3 atom stereocenters. The Hall–Kier alpha value is -1.06. The lowest BCUT2D eigenvalue weighted by molar-refractivity contribution is -0.155. The number of hydrogen-bond donors (Lipinski definition) is 1. The Bertz CT molecular complexity index is 333. The van der Waals surface area contributed by atoms with E-state index in [4.69, 9.17) is 0 Å². The van der Waals surface area contributed by atoms with Crippen LogP contribution in [0.15, 0.2) is 0 Å². The van der Waals surface area contributed by atoms with Crippen LogP contribution in [-0.4, -0.2) is 35.3 Å². The fourth-order valence-corrected chi connectivity index (χ4v) is 2.56. The zero-order chi connectivity index (χ0) is 14.1. The van der Waals surface area contributed by atoms with E-state index in [2.05, 4.69) is 5.32 Å². The lowest BCUT2D eigenvalue weighted by Gasteiger charge is -2.45. The minimum atomic E-state index is -0.365. The summed E-state index contributed by atoms with van der Waals surface area (Å²) in [5.41, 5.74) is -0.240. The highest BCUT2D eigenvalue weighted by atomic mass is 16.2. The van der Waals surface area contributed by atoms with Crippen molar-refractivity contribution < 1.29 is 9.59 Å². The number of hydrogen-bond acceptors (Lipinski definition) is 2. The fraction of sp³-hybridized carbons (Fsp3) is 0.857. The van der Waals surface area contributed by atoms with Gasteiger partial charge in [-0.05, 0) is 18.3 Å². The molecule has 2 amide bonds. The van der Waals surface area contributed by atoms with E-state index in [1.807, 2.05) is 41.5 Å². The van der Waals surface area contributed by atoms with Crippen LogP contribution in [0.1, 0.15) is 48.0 Å². The normalized spacial score (nSPS) is 27.1. The maximum atomic E-state index is 12.5. The summed E-state index contributed by atoms with van der Waals surface area (Å²) < 4.78 is 0. The Kier molecular flexibility index (Phi) is 4.41. The first kappa shape index (κ1) is 15.0. The Morgan fingerprint density at radius 1 is 1.28 bits per heavy atom. The molecule has 0 radical (unpaired) electrons. The average molecular weight is 254 g/mol. The molecule has 0 aliphatic carbocycles. The molecule has 1 N–H and O–H groups in total. The number of nitrogens with one attached hydrogen (secondary N) is 1. The summed E-state index contributed by atoms with van der Waals surface area (Å²) >= 11 is 0. The average Bonchev–Trinajstić information content (AvgIpc) is 2.28. The molecular weight excluding hydrogens is 228 g/mol. The van der Waals surface area contributed by atoms with Gasteiger partial charge < -0.3 is 10.2 Å². The van der Waals surface area contributed by atoms with E-state index in [0.717, 1.165) is 6.42 Å². The zero-order valence-corrected chi connectivity index (χ0v) is 12.4. The molecule has 1 saturated heterocycles. The van der Waals surface area contributed by atoms with Crippen molar-refractivity contribution in [2.75, 3.05) is 6.54 Å². The van der Waals surface area contributed by atoms with Crippen LogP contribution < -0.4 is 5.32 Å². The third kappa shape index (κ3) is 2.68. The molecule has 4 heteroatoms. The Morgan fingerprint density at radius 3 is 2.22 bits per heavy atom. The molecule has 4 nitrogen and oxygen atoms in total. The summed E-state index contributed by atoms with van der Waals surface area (Å²) in [6, 6.07) is -0.726. The number of nitrogens with zero attached hydrogens (tertiary/aromatic N) is 1. The van der Waals surface area contributed by atoms with Crippen LogP contribution in [0.5, 0.6) is 0 Å². The molecule has 18 heavy (non-hydrogen) atoms. The van der Waals surface area contributed by atoms with E-state index in [9.17, 15) is 9.59 Å². The highest BCUT2D eigenvalue weighted by Gasteiger charge is 2.46. The summed E-state index contributed by atoms with van der Waals surface area (Å²) in [5.74, 6) is 0.219. The molecule has 0 saturated carbocycles.